The lowest BCUT2D eigenvalue weighted by molar-refractivity contribution is 0.158. The molecule has 0 aliphatic carbocycles. The molecule has 0 bridgehead atoms. The van der Waals surface area contributed by atoms with Crippen LogP contribution < -0.4 is 10.4 Å². The highest BCUT2D eigenvalue weighted by Gasteiger charge is 2.18. The molecule has 1 aromatic heterocycles. The summed E-state index contributed by atoms with van der Waals surface area (Å²) in [7, 11) is 0. The van der Waals surface area contributed by atoms with E-state index in [-0.39, 0.29) is 5.63 Å². The van der Waals surface area contributed by atoms with Crippen LogP contribution in [0.4, 0.5) is 0 Å². The van der Waals surface area contributed by atoms with E-state index in [9.17, 15) is 4.79 Å². The Hall–Kier alpha value is -1.85. The Balaban J connectivity index is 1.57. The fraction of sp³-hybridized carbons (Fsp3) is 0.526. The zero-order valence-corrected chi connectivity index (χ0v) is 14.4. The Morgan fingerprint density at radius 2 is 2.21 bits per heavy atom. The second-order valence-corrected chi connectivity index (χ2v) is 6.38. The maximum Gasteiger partial charge on any atom is 0.336 e. The number of likely N-dealkylation sites (N-methyl/N-ethyl adjacent to an activating group) is 1. The second-order valence-electron chi connectivity index (χ2n) is 6.38. The van der Waals surface area contributed by atoms with Crippen LogP contribution in [0.25, 0.3) is 11.0 Å². The van der Waals surface area contributed by atoms with Gasteiger partial charge in [0.25, 0.3) is 0 Å². The van der Waals surface area contributed by atoms with Crippen molar-refractivity contribution in [1.29, 1.82) is 0 Å². The van der Waals surface area contributed by atoms with Crippen LogP contribution in [0.5, 0.6) is 5.75 Å². The molecule has 5 heteroatoms. The maximum atomic E-state index is 11.5. The lowest BCUT2D eigenvalue weighted by Crippen LogP contribution is -2.33. The number of fused-ring (bicyclic) bond motifs is 1. The summed E-state index contributed by atoms with van der Waals surface area (Å²) >= 11 is 0. The van der Waals surface area contributed by atoms with Crippen molar-refractivity contribution < 1.29 is 13.9 Å². The minimum atomic E-state index is -0.326. The van der Waals surface area contributed by atoms with E-state index >= 15 is 0 Å². The van der Waals surface area contributed by atoms with Crippen LogP contribution >= 0.6 is 0 Å². The van der Waals surface area contributed by atoms with Crippen molar-refractivity contribution in [3.05, 3.63) is 40.2 Å². The Morgan fingerprint density at radius 1 is 1.33 bits per heavy atom. The van der Waals surface area contributed by atoms with Gasteiger partial charge in [0, 0.05) is 37.2 Å². The van der Waals surface area contributed by atoms with Crippen molar-refractivity contribution in [2.75, 3.05) is 39.5 Å². The number of nitrogens with zero attached hydrogens (tertiary/aromatic N) is 1. The highest BCUT2D eigenvalue weighted by Crippen LogP contribution is 2.22. The van der Waals surface area contributed by atoms with Gasteiger partial charge >= 0.3 is 5.63 Å². The third kappa shape index (κ3) is 4.16. The third-order valence-corrected chi connectivity index (χ3v) is 4.59. The molecule has 0 saturated carbocycles. The largest absolute Gasteiger partial charge is 0.492 e. The van der Waals surface area contributed by atoms with E-state index in [1.54, 1.807) is 6.07 Å². The SMILES string of the molecule is CCN(CCOc1ccc2c(C)cc(=O)oc2c1)CC1CCOC1. The molecular weight excluding hydrogens is 306 g/mol. The van der Waals surface area contributed by atoms with Crippen LogP contribution in [0, 0.1) is 12.8 Å². The number of aryl methyl sites for hydroxylation is 1. The first-order valence-electron chi connectivity index (χ1n) is 8.63. The third-order valence-electron chi connectivity index (χ3n) is 4.59. The molecule has 1 fully saturated rings. The summed E-state index contributed by atoms with van der Waals surface area (Å²) in [5.41, 5.74) is 1.17. The van der Waals surface area contributed by atoms with Crippen molar-refractivity contribution in [3.63, 3.8) is 0 Å². The molecular formula is C19H25NO4. The van der Waals surface area contributed by atoms with Crippen LogP contribution in [0.15, 0.2) is 33.5 Å². The molecule has 24 heavy (non-hydrogen) atoms. The van der Waals surface area contributed by atoms with Crippen LogP contribution in [0.3, 0.4) is 0 Å². The predicted molar refractivity (Wildman–Crippen MR) is 93.8 cm³/mol. The summed E-state index contributed by atoms with van der Waals surface area (Å²) in [6.45, 7) is 9.40. The maximum absolute atomic E-state index is 11.5. The Kier molecular flexibility index (Phi) is 5.53. The lowest BCUT2D eigenvalue weighted by atomic mass is 10.1. The summed E-state index contributed by atoms with van der Waals surface area (Å²) in [6.07, 6.45) is 1.15. The monoisotopic (exact) mass is 331 g/mol. The van der Waals surface area contributed by atoms with E-state index in [1.165, 1.54) is 6.07 Å². The number of hydrogen-bond donors (Lipinski definition) is 0. The molecule has 0 spiro atoms. The van der Waals surface area contributed by atoms with Crippen molar-refractivity contribution in [2.45, 2.75) is 20.3 Å². The van der Waals surface area contributed by atoms with E-state index < -0.39 is 0 Å². The first-order valence-corrected chi connectivity index (χ1v) is 8.63. The number of benzene rings is 1. The lowest BCUT2D eigenvalue weighted by Gasteiger charge is -2.23. The van der Waals surface area contributed by atoms with E-state index in [0.717, 1.165) is 56.0 Å². The molecule has 1 aliphatic rings. The van der Waals surface area contributed by atoms with E-state index in [4.69, 9.17) is 13.9 Å². The summed E-state index contributed by atoms with van der Waals surface area (Å²) in [6, 6.07) is 7.17. The molecule has 5 nitrogen and oxygen atoms in total. The Bertz CT molecular complexity index is 734. The van der Waals surface area contributed by atoms with Gasteiger partial charge in [0.05, 0.1) is 6.61 Å². The van der Waals surface area contributed by atoms with Crippen molar-refractivity contribution in [3.8, 4) is 5.75 Å². The van der Waals surface area contributed by atoms with Crippen LogP contribution in [-0.2, 0) is 4.74 Å². The van der Waals surface area contributed by atoms with Crippen LogP contribution in [-0.4, -0.2) is 44.4 Å². The fourth-order valence-electron chi connectivity index (χ4n) is 3.16. The smallest absolute Gasteiger partial charge is 0.336 e. The summed E-state index contributed by atoms with van der Waals surface area (Å²) in [4.78, 5) is 13.9. The van der Waals surface area contributed by atoms with Gasteiger partial charge in [0.2, 0.25) is 0 Å². The molecule has 1 aliphatic heterocycles. The molecule has 1 aromatic carbocycles. The minimum Gasteiger partial charge on any atom is -0.492 e. The first-order chi connectivity index (χ1) is 11.7. The molecule has 1 unspecified atom stereocenters. The van der Waals surface area contributed by atoms with Gasteiger partial charge < -0.3 is 13.9 Å². The van der Waals surface area contributed by atoms with Gasteiger partial charge in [-0.15, -0.1) is 0 Å². The summed E-state index contributed by atoms with van der Waals surface area (Å²) in [5.74, 6) is 1.37. The highest BCUT2D eigenvalue weighted by molar-refractivity contribution is 5.81. The zero-order chi connectivity index (χ0) is 16.9. The van der Waals surface area contributed by atoms with Crippen molar-refractivity contribution in [2.24, 2.45) is 5.92 Å². The van der Waals surface area contributed by atoms with E-state index in [0.29, 0.717) is 18.1 Å². The molecule has 130 valence electrons. The van der Waals surface area contributed by atoms with Crippen molar-refractivity contribution >= 4 is 11.0 Å². The van der Waals surface area contributed by atoms with E-state index in [2.05, 4.69) is 11.8 Å². The van der Waals surface area contributed by atoms with Gasteiger partial charge in [0.15, 0.2) is 0 Å². The average Bonchev–Trinajstić information content (AvgIpc) is 3.06. The van der Waals surface area contributed by atoms with Gasteiger partial charge in [-0.1, -0.05) is 6.92 Å². The topological polar surface area (TPSA) is 51.9 Å². The van der Waals surface area contributed by atoms with Gasteiger partial charge in [-0.25, -0.2) is 4.79 Å². The minimum absolute atomic E-state index is 0.326. The zero-order valence-electron chi connectivity index (χ0n) is 14.4. The average molecular weight is 331 g/mol. The number of hydrogen-bond acceptors (Lipinski definition) is 5. The highest BCUT2D eigenvalue weighted by atomic mass is 16.5. The molecule has 0 N–H and O–H groups in total. The molecule has 1 atom stereocenters. The quantitative estimate of drug-likeness (QED) is 0.730. The molecule has 2 aromatic rings. The predicted octanol–water partition coefficient (Wildman–Crippen LogP) is 2.84. The van der Waals surface area contributed by atoms with Gasteiger partial charge in [-0.3, -0.25) is 4.90 Å². The molecule has 0 radical (unpaired) electrons. The Morgan fingerprint density at radius 3 is 2.96 bits per heavy atom. The molecule has 3 rings (SSSR count). The van der Waals surface area contributed by atoms with Crippen molar-refractivity contribution in [1.82, 2.24) is 4.90 Å². The number of ether oxygens (including phenoxy) is 2. The summed E-state index contributed by atoms with van der Waals surface area (Å²) < 4.78 is 16.6. The Labute approximate surface area is 142 Å². The molecule has 0 amide bonds. The van der Waals surface area contributed by atoms with Gasteiger partial charge in [-0.2, -0.15) is 0 Å². The van der Waals surface area contributed by atoms with Crippen LogP contribution in [0.2, 0.25) is 0 Å². The first kappa shape index (κ1) is 17.0. The second kappa shape index (κ2) is 7.81. The number of rotatable bonds is 7. The fourth-order valence-corrected chi connectivity index (χ4v) is 3.16. The normalized spacial score (nSPS) is 17.7. The van der Waals surface area contributed by atoms with Gasteiger partial charge in [-0.05, 0) is 43.5 Å². The van der Waals surface area contributed by atoms with E-state index in [1.807, 2.05) is 19.1 Å². The molecule has 2 heterocycles. The van der Waals surface area contributed by atoms with Gasteiger partial charge in [0.1, 0.15) is 17.9 Å². The molecule has 1 saturated heterocycles. The standard InChI is InChI=1S/C19H25NO4/c1-3-20(12-15-6-8-22-13-15)7-9-23-16-4-5-17-14(2)10-19(21)24-18(17)11-16/h4-5,10-11,15H,3,6-9,12-13H2,1-2H3. The van der Waals surface area contributed by atoms with Crippen LogP contribution in [0.1, 0.15) is 18.9 Å². The summed E-state index contributed by atoms with van der Waals surface area (Å²) in [5, 5.41) is 0.943.